The van der Waals surface area contributed by atoms with Crippen molar-refractivity contribution < 1.29 is 48.2 Å². The first-order valence-electron chi connectivity index (χ1n) is 9.73. The quantitative estimate of drug-likeness (QED) is 0.231. The van der Waals surface area contributed by atoms with E-state index in [0.29, 0.717) is 0 Å². The Morgan fingerprint density at radius 2 is 1.52 bits per heavy atom. The molecule has 4 N–H and O–H groups in total. The molecular weight excluding hydrogens is 444 g/mol. The molecule has 0 bridgehead atoms. The minimum atomic E-state index is -1.52. The Labute approximate surface area is 183 Å². The zero-order valence-corrected chi connectivity index (χ0v) is 17.2. The lowest BCUT2D eigenvalue weighted by Gasteiger charge is -2.20. The summed E-state index contributed by atoms with van der Waals surface area (Å²) < 4.78 is 32.1. The van der Waals surface area contributed by atoms with Crippen LogP contribution in [0.25, 0.3) is 32.7 Å². The standard InChI is InChI=1S/C21H18O12/c1-28-8-3-6-11-12-7(19(26)32-17(11)14(8)24)4-9(16(29-2)18(12)33-20(6)27)30-21-15(25)13(23)10(5-22)31-21/h3-4,10,13,15,21-25H,5H2,1-2H3/t10-,13-,15+,21+/m0/s1. The SMILES string of the molecule is COc1cc2c(=O)oc3c(OC)c(O[C@@H]4O[C@@H](CO)[C@H](O)[C@H]4O)cc4c(=O)oc(c1O)c2c34. The van der Waals surface area contributed by atoms with E-state index in [9.17, 15) is 30.0 Å². The number of methoxy groups -OCH3 is 2. The van der Waals surface area contributed by atoms with Crippen LogP contribution in [-0.4, -0.2) is 65.9 Å². The topological polar surface area (TPSA) is 178 Å². The Hall–Kier alpha value is -3.58. The van der Waals surface area contributed by atoms with E-state index in [2.05, 4.69) is 0 Å². The van der Waals surface area contributed by atoms with Crippen LogP contribution in [0.2, 0.25) is 0 Å². The highest BCUT2D eigenvalue weighted by Crippen LogP contribution is 2.46. The summed E-state index contributed by atoms with van der Waals surface area (Å²) in [6.45, 7) is -0.568. The Bertz CT molecular complexity index is 1480. The summed E-state index contributed by atoms with van der Waals surface area (Å²) in [7, 11) is 2.54. The monoisotopic (exact) mass is 462 g/mol. The Morgan fingerprint density at radius 3 is 2.09 bits per heavy atom. The third kappa shape index (κ3) is 2.92. The second-order valence-electron chi connectivity index (χ2n) is 7.44. The van der Waals surface area contributed by atoms with Crippen LogP contribution in [0.3, 0.4) is 0 Å². The molecule has 0 saturated carbocycles. The van der Waals surface area contributed by atoms with Crippen LogP contribution in [0.5, 0.6) is 23.0 Å². The van der Waals surface area contributed by atoms with Crippen LogP contribution < -0.4 is 25.5 Å². The largest absolute Gasteiger partial charge is 0.502 e. The summed E-state index contributed by atoms with van der Waals surface area (Å²) in [5.41, 5.74) is -2.15. The van der Waals surface area contributed by atoms with E-state index < -0.39 is 48.2 Å². The number of ether oxygens (including phenoxy) is 4. The smallest absolute Gasteiger partial charge is 0.344 e. The molecule has 1 saturated heterocycles. The number of rotatable bonds is 5. The number of hydrogen-bond donors (Lipinski definition) is 4. The molecule has 0 aliphatic carbocycles. The molecule has 2 aromatic heterocycles. The zero-order valence-electron chi connectivity index (χ0n) is 17.2. The molecule has 1 fully saturated rings. The van der Waals surface area contributed by atoms with Crippen LogP contribution >= 0.6 is 0 Å². The van der Waals surface area contributed by atoms with Crippen molar-refractivity contribution >= 4 is 32.7 Å². The van der Waals surface area contributed by atoms with Crippen molar-refractivity contribution in [1.29, 1.82) is 0 Å². The van der Waals surface area contributed by atoms with Gasteiger partial charge in [0.05, 0.1) is 31.6 Å². The van der Waals surface area contributed by atoms with E-state index in [1.807, 2.05) is 0 Å². The van der Waals surface area contributed by atoms with Gasteiger partial charge in [-0.1, -0.05) is 0 Å². The van der Waals surface area contributed by atoms with Gasteiger partial charge >= 0.3 is 11.3 Å². The average Bonchev–Trinajstić information content (AvgIpc) is 3.07. The Balaban J connectivity index is 1.80. The van der Waals surface area contributed by atoms with E-state index in [1.165, 1.54) is 26.4 Å². The molecule has 12 heteroatoms. The molecule has 4 atom stereocenters. The van der Waals surface area contributed by atoms with Crippen molar-refractivity contribution in [3.05, 3.63) is 33.0 Å². The molecule has 0 unspecified atom stereocenters. The maximum atomic E-state index is 12.8. The van der Waals surface area contributed by atoms with E-state index in [0.717, 1.165) is 0 Å². The number of hydrogen-bond acceptors (Lipinski definition) is 12. The highest BCUT2D eigenvalue weighted by Gasteiger charge is 2.44. The molecule has 4 aromatic rings. The van der Waals surface area contributed by atoms with Gasteiger partial charge in [-0.05, 0) is 12.1 Å². The van der Waals surface area contributed by atoms with E-state index in [-0.39, 0.29) is 50.0 Å². The maximum Gasteiger partial charge on any atom is 0.344 e. The number of aliphatic hydroxyl groups is 3. The van der Waals surface area contributed by atoms with E-state index >= 15 is 0 Å². The van der Waals surface area contributed by atoms with Gasteiger partial charge in [0.1, 0.15) is 18.3 Å². The van der Waals surface area contributed by atoms with Crippen molar-refractivity contribution in [2.24, 2.45) is 0 Å². The van der Waals surface area contributed by atoms with Crippen LogP contribution in [-0.2, 0) is 4.74 Å². The first-order chi connectivity index (χ1) is 15.8. The first-order valence-corrected chi connectivity index (χ1v) is 9.73. The number of phenolic OH excluding ortho intramolecular Hbond substituents is 1. The fourth-order valence-corrected chi connectivity index (χ4v) is 4.08. The highest BCUT2D eigenvalue weighted by atomic mass is 16.7. The predicted octanol–water partition coefficient (Wildman–Crippen LogP) is 0.0310. The van der Waals surface area contributed by atoms with Gasteiger partial charge in [-0.3, -0.25) is 0 Å². The molecule has 5 rings (SSSR count). The van der Waals surface area contributed by atoms with Gasteiger partial charge in [0, 0.05) is 10.8 Å². The molecular formula is C21H18O12. The van der Waals surface area contributed by atoms with Gasteiger partial charge in [0.15, 0.2) is 22.7 Å². The third-order valence-electron chi connectivity index (χ3n) is 5.67. The molecule has 3 heterocycles. The number of phenols is 1. The predicted molar refractivity (Wildman–Crippen MR) is 110 cm³/mol. The number of aliphatic hydroxyl groups excluding tert-OH is 3. The van der Waals surface area contributed by atoms with Crippen molar-refractivity contribution in [2.75, 3.05) is 20.8 Å². The second-order valence-corrected chi connectivity index (χ2v) is 7.44. The normalized spacial score (nSPS) is 23.1. The fraction of sp³-hybridized carbons (Fsp3) is 0.333. The summed E-state index contributed by atoms with van der Waals surface area (Å²) in [5, 5.41) is 40.1. The van der Waals surface area contributed by atoms with Crippen molar-refractivity contribution in [3.63, 3.8) is 0 Å². The minimum absolute atomic E-state index is 0.0000739. The molecule has 0 radical (unpaired) electrons. The molecule has 1 aliphatic heterocycles. The third-order valence-corrected chi connectivity index (χ3v) is 5.67. The molecule has 33 heavy (non-hydrogen) atoms. The Kier molecular flexibility index (Phi) is 4.83. The van der Waals surface area contributed by atoms with Gasteiger partial charge < -0.3 is 48.2 Å². The van der Waals surface area contributed by atoms with Gasteiger partial charge in [-0.25, -0.2) is 9.59 Å². The van der Waals surface area contributed by atoms with Crippen LogP contribution in [0.15, 0.2) is 30.6 Å². The Morgan fingerprint density at radius 1 is 0.909 bits per heavy atom. The lowest BCUT2D eigenvalue weighted by molar-refractivity contribution is -0.117. The molecule has 2 aromatic carbocycles. The molecule has 12 nitrogen and oxygen atoms in total. The van der Waals surface area contributed by atoms with Crippen molar-refractivity contribution in [1.82, 2.24) is 0 Å². The summed E-state index contributed by atoms with van der Waals surface area (Å²) in [4.78, 5) is 25.6. The number of benzene rings is 2. The number of aromatic hydroxyl groups is 1. The van der Waals surface area contributed by atoms with Crippen LogP contribution in [0.1, 0.15) is 0 Å². The lowest BCUT2D eigenvalue weighted by atomic mass is 10.0. The highest BCUT2D eigenvalue weighted by molar-refractivity contribution is 6.22. The molecule has 174 valence electrons. The summed E-state index contributed by atoms with van der Waals surface area (Å²) in [6.07, 6.45) is -5.46. The molecule has 0 amide bonds. The fourth-order valence-electron chi connectivity index (χ4n) is 4.08. The van der Waals surface area contributed by atoms with Gasteiger partial charge in [-0.15, -0.1) is 0 Å². The summed E-state index contributed by atoms with van der Waals surface area (Å²) >= 11 is 0. The molecule has 1 aliphatic rings. The van der Waals surface area contributed by atoms with E-state index in [1.54, 1.807) is 0 Å². The maximum absolute atomic E-state index is 12.8. The first kappa shape index (κ1) is 21.3. The van der Waals surface area contributed by atoms with Crippen LogP contribution in [0.4, 0.5) is 0 Å². The summed E-state index contributed by atoms with van der Waals surface area (Å²) in [6, 6.07) is 2.50. The van der Waals surface area contributed by atoms with Gasteiger partial charge in [0.2, 0.25) is 17.8 Å². The van der Waals surface area contributed by atoms with Gasteiger partial charge in [0.25, 0.3) is 0 Å². The zero-order chi connectivity index (χ0) is 23.6. The van der Waals surface area contributed by atoms with Crippen molar-refractivity contribution in [3.8, 4) is 23.0 Å². The van der Waals surface area contributed by atoms with Crippen molar-refractivity contribution in [2.45, 2.75) is 24.6 Å². The average molecular weight is 462 g/mol. The summed E-state index contributed by atoms with van der Waals surface area (Å²) in [5.74, 6) is -0.824. The van der Waals surface area contributed by atoms with E-state index in [4.69, 9.17) is 27.8 Å². The van der Waals surface area contributed by atoms with Gasteiger partial charge in [-0.2, -0.15) is 0 Å². The van der Waals surface area contributed by atoms with Crippen LogP contribution in [0, 0.1) is 0 Å². The lowest BCUT2D eigenvalue weighted by Crippen LogP contribution is -2.35. The minimum Gasteiger partial charge on any atom is -0.502 e. The molecule has 0 spiro atoms. The second kappa shape index (κ2) is 7.49.